The first-order valence-corrected chi connectivity index (χ1v) is 7.26. The smallest absolute Gasteiger partial charge is 0.241 e. The monoisotopic (exact) mass is 308 g/mol. The summed E-state index contributed by atoms with van der Waals surface area (Å²) < 4.78 is 0. The second-order valence-electron chi connectivity index (χ2n) is 5.02. The van der Waals surface area contributed by atoms with E-state index in [0.29, 0.717) is 29.5 Å². The number of rotatable bonds is 6. The fraction of sp³-hybridized carbons (Fsp3) is 0.467. The third-order valence-corrected chi connectivity index (χ3v) is 3.67. The maximum Gasteiger partial charge on any atom is 0.241 e. The first-order chi connectivity index (χ1) is 9.88. The molecule has 114 valence electrons. The molecule has 21 heavy (non-hydrogen) atoms. The van der Waals surface area contributed by atoms with Gasteiger partial charge in [-0.25, -0.2) is 0 Å². The van der Waals surface area contributed by atoms with E-state index in [1.807, 2.05) is 25.7 Å². The quantitative estimate of drug-likeness (QED) is 0.792. The Balaban J connectivity index is 2.72. The van der Waals surface area contributed by atoms with Crippen LogP contribution >= 0.6 is 11.6 Å². The minimum atomic E-state index is -0.331. The van der Waals surface area contributed by atoms with Gasteiger partial charge in [0.2, 0.25) is 5.91 Å². The lowest BCUT2D eigenvalue weighted by molar-refractivity contribution is -0.120. The topological polar surface area (TPSA) is 82.2 Å². The summed E-state index contributed by atoms with van der Waals surface area (Å²) in [7, 11) is 0. The molecule has 1 aromatic carbocycles. The van der Waals surface area contributed by atoms with Crippen LogP contribution in [0.3, 0.4) is 0 Å². The molecule has 0 saturated heterocycles. The number of hydrogen-bond donors (Lipinski definition) is 2. The van der Waals surface area contributed by atoms with Crippen LogP contribution in [0.25, 0.3) is 0 Å². The van der Waals surface area contributed by atoms with Crippen LogP contribution in [0.15, 0.2) is 18.2 Å². The van der Waals surface area contributed by atoms with E-state index < -0.39 is 0 Å². The van der Waals surface area contributed by atoms with Gasteiger partial charge in [-0.15, -0.1) is 0 Å². The lowest BCUT2D eigenvalue weighted by atomic mass is 10.1. The van der Waals surface area contributed by atoms with Gasteiger partial charge >= 0.3 is 0 Å². The summed E-state index contributed by atoms with van der Waals surface area (Å²) in [6, 6.07) is 6.83. The van der Waals surface area contributed by atoms with Crippen molar-refractivity contribution in [1.29, 1.82) is 5.26 Å². The number of anilines is 2. The summed E-state index contributed by atoms with van der Waals surface area (Å²) in [6.07, 6.45) is 0. The van der Waals surface area contributed by atoms with Crippen LogP contribution in [-0.2, 0) is 4.79 Å². The summed E-state index contributed by atoms with van der Waals surface area (Å²) in [4.78, 5) is 14.2. The van der Waals surface area contributed by atoms with Crippen molar-refractivity contribution < 1.29 is 4.79 Å². The molecule has 0 aromatic heterocycles. The van der Waals surface area contributed by atoms with E-state index in [4.69, 9.17) is 22.6 Å². The number of amides is 1. The van der Waals surface area contributed by atoms with Crippen LogP contribution in [-0.4, -0.2) is 29.9 Å². The molecule has 3 N–H and O–H groups in total. The van der Waals surface area contributed by atoms with Crippen LogP contribution in [0.4, 0.5) is 11.4 Å². The Bertz CT molecular complexity index is 541. The van der Waals surface area contributed by atoms with Crippen molar-refractivity contribution in [3.8, 4) is 6.07 Å². The van der Waals surface area contributed by atoms with Gasteiger partial charge in [0, 0.05) is 12.2 Å². The van der Waals surface area contributed by atoms with Gasteiger partial charge in [-0.05, 0) is 38.6 Å². The number of nitrogens with zero attached hydrogens (tertiary/aromatic N) is 2. The average molecular weight is 309 g/mol. The predicted octanol–water partition coefficient (Wildman–Crippen LogP) is 2.73. The van der Waals surface area contributed by atoms with Gasteiger partial charge in [0.25, 0.3) is 0 Å². The molecule has 6 heteroatoms. The van der Waals surface area contributed by atoms with Crippen molar-refractivity contribution >= 4 is 28.9 Å². The normalized spacial score (nSPS) is 13.5. The number of hydrogen-bond acceptors (Lipinski definition) is 4. The molecule has 0 saturated carbocycles. The molecule has 0 aliphatic heterocycles. The van der Waals surface area contributed by atoms with E-state index in [1.165, 1.54) is 0 Å². The van der Waals surface area contributed by atoms with E-state index in [-0.39, 0.29) is 17.9 Å². The molecule has 5 nitrogen and oxygen atoms in total. The van der Waals surface area contributed by atoms with Crippen LogP contribution in [0, 0.1) is 17.2 Å². The molecule has 1 aromatic rings. The summed E-state index contributed by atoms with van der Waals surface area (Å²) in [6.45, 7) is 6.89. The van der Waals surface area contributed by atoms with Gasteiger partial charge < -0.3 is 11.1 Å². The molecule has 1 amide bonds. The zero-order valence-corrected chi connectivity index (χ0v) is 13.3. The molecular formula is C15H21ClN4O. The van der Waals surface area contributed by atoms with Gasteiger partial charge in [-0.3, -0.25) is 9.69 Å². The van der Waals surface area contributed by atoms with Crippen molar-refractivity contribution in [3.05, 3.63) is 23.2 Å². The molecule has 0 radical (unpaired) electrons. The molecule has 0 heterocycles. The van der Waals surface area contributed by atoms with E-state index in [1.54, 1.807) is 18.2 Å². The fourth-order valence-corrected chi connectivity index (χ4v) is 2.11. The number of halogens is 1. The average Bonchev–Trinajstić information content (AvgIpc) is 2.47. The minimum absolute atomic E-state index is 0.119. The first kappa shape index (κ1) is 17.3. The highest BCUT2D eigenvalue weighted by atomic mass is 35.5. The fourth-order valence-electron chi connectivity index (χ4n) is 1.99. The molecular weight excluding hydrogens is 288 g/mol. The van der Waals surface area contributed by atoms with Gasteiger partial charge in [-0.2, -0.15) is 5.26 Å². The second kappa shape index (κ2) is 7.87. The maximum absolute atomic E-state index is 12.3. The van der Waals surface area contributed by atoms with Crippen LogP contribution in [0.2, 0.25) is 5.02 Å². The Morgan fingerprint density at radius 2 is 2.19 bits per heavy atom. The van der Waals surface area contributed by atoms with Gasteiger partial charge in [0.1, 0.15) is 0 Å². The first-order valence-electron chi connectivity index (χ1n) is 6.88. The third-order valence-electron chi connectivity index (χ3n) is 3.33. The molecule has 0 fully saturated rings. The third kappa shape index (κ3) is 4.92. The Hall–Kier alpha value is -1.77. The number of nitriles is 1. The standard InChI is InChI=1S/C15H21ClN4O/c1-4-20(9-10(2)8-17)11(3)15(21)19-12-5-6-13(16)14(18)7-12/h5-7,10-11H,4,9,18H2,1-3H3,(H,19,21). The number of carbonyl (C=O) groups excluding carboxylic acids is 1. The summed E-state index contributed by atoms with van der Waals surface area (Å²) >= 11 is 5.85. The van der Waals surface area contributed by atoms with Gasteiger partial charge in [0.05, 0.1) is 28.7 Å². The van der Waals surface area contributed by atoms with Crippen LogP contribution in [0.5, 0.6) is 0 Å². The number of nitrogens with two attached hydrogens (primary N) is 1. The molecule has 2 unspecified atom stereocenters. The molecule has 0 spiro atoms. The Kier molecular flexibility index (Phi) is 6.47. The van der Waals surface area contributed by atoms with Crippen LogP contribution in [0.1, 0.15) is 20.8 Å². The second-order valence-corrected chi connectivity index (χ2v) is 5.43. The molecule has 1 rings (SSSR count). The zero-order chi connectivity index (χ0) is 16.0. The van der Waals surface area contributed by atoms with Gasteiger partial charge in [-0.1, -0.05) is 18.5 Å². The van der Waals surface area contributed by atoms with Gasteiger partial charge in [0.15, 0.2) is 0 Å². The molecule has 2 atom stereocenters. The molecule has 0 aliphatic carbocycles. The summed E-state index contributed by atoms with van der Waals surface area (Å²) in [5.74, 6) is -0.255. The number of likely N-dealkylation sites (N-methyl/N-ethyl adjacent to an activating group) is 1. The summed E-state index contributed by atoms with van der Waals surface area (Å²) in [5.41, 5.74) is 6.75. The Labute approximate surface area is 130 Å². The summed E-state index contributed by atoms with van der Waals surface area (Å²) in [5, 5.41) is 12.2. The zero-order valence-electron chi connectivity index (χ0n) is 12.6. The Morgan fingerprint density at radius 1 is 1.52 bits per heavy atom. The minimum Gasteiger partial charge on any atom is -0.397 e. The van der Waals surface area contributed by atoms with E-state index >= 15 is 0 Å². The lowest BCUT2D eigenvalue weighted by Crippen LogP contribution is -2.43. The predicted molar refractivity (Wildman–Crippen MR) is 86.0 cm³/mol. The molecule has 0 aliphatic rings. The van der Waals surface area contributed by atoms with Crippen molar-refractivity contribution in [2.45, 2.75) is 26.8 Å². The largest absolute Gasteiger partial charge is 0.397 e. The highest BCUT2D eigenvalue weighted by molar-refractivity contribution is 6.33. The van der Waals surface area contributed by atoms with E-state index in [2.05, 4.69) is 11.4 Å². The molecule has 0 bridgehead atoms. The van der Waals surface area contributed by atoms with E-state index in [9.17, 15) is 4.79 Å². The highest BCUT2D eigenvalue weighted by Gasteiger charge is 2.21. The van der Waals surface area contributed by atoms with Crippen molar-refractivity contribution in [3.63, 3.8) is 0 Å². The maximum atomic E-state index is 12.3. The van der Waals surface area contributed by atoms with Crippen molar-refractivity contribution in [2.75, 3.05) is 24.1 Å². The van der Waals surface area contributed by atoms with Crippen LogP contribution < -0.4 is 11.1 Å². The van der Waals surface area contributed by atoms with Crippen molar-refractivity contribution in [1.82, 2.24) is 4.90 Å². The Morgan fingerprint density at radius 3 is 2.71 bits per heavy atom. The van der Waals surface area contributed by atoms with E-state index in [0.717, 1.165) is 0 Å². The number of nitrogen functional groups attached to an aromatic ring is 1. The number of carbonyl (C=O) groups is 1. The SMILES string of the molecule is CCN(CC(C)C#N)C(C)C(=O)Nc1ccc(Cl)c(N)c1. The number of nitrogens with one attached hydrogen (secondary N) is 1. The van der Waals surface area contributed by atoms with Crippen molar-refractivity contribution in [2.24, 2.45) is 5.92 Å². The number of benzene rings is 1. The highest BCUT2D eigenvalue weighted by Crippen LogP contribution is 2.22. The lowest BCUT2D eigenvalue weighted by Gasteiger charge is -2.27.